The van der Waals surface area contributed by atoms with Crippen molar-refractivity contribution >= 4 is 21.7 Å². The van der Waals surface area contributed by atoms with Gasteiger partial charge in [0.2, 0.25) is 0 Å². The lowest BCUT2D eigenvalue weighted by Gasteiger charge is -2.09. The summed E-state index contributed by atoms with van der Waals surface area (Å²) in [6.07, 6.45) is 0. The second kappa shape index (κ2) is 5.64. The number of hydrogen-bond acceptors (Lipinski definition) is 4. The molecule has 5 heteroatoms. The molecule has 1 aromatic carbocycles. The van der Waals surface area contributed by atoms with Crippen LogP contribution in [0.5, 0.6) is 5.75 Å². The first-order chi connectivity index (χ1) is 7.67. The molecule has 0 aliphatic carbocycles. The molecule has 4 nitrogen and oxygen atoms in total. The van der Waals surface area contributed by atoms with Gasteiger partial charge in [-0.25, -0.2) is 0 Å². The van der Waals surface area contributed by atoms with E-state index in [1.54, 1.807) is 0 Å². The van der Waals surface area contributed by atoms with Crippen molar-refractivity contribution < 1.29 is 14.6 Å². The van der Waals surface area contributed by atoms with Gasteiger partial charge >= 0.3 is 0 Å². The highest BCUT2D eigenvalue weighted by molar-refractivity contribution is 9.09. The van der Waals surface area contributed by atoms with Gasteiger partial charge in [0.05, 0.1) is 24.6 Å². The van der Waals surface area contributed by atoms with Gasteiger partial charge in [0.1, 0.15) is 11.8 Å². The molecule has 16 heavy (non-hydrogen) atoms. The Kier molecular flexibility index (Phi) is 4.47. The number of benzene rings is 1. The number of carbonyl (C=O) groups is 1. The van der Waals surface area contributed by atoms with Gasteiger partial charge in [0.15, 0.2) is 5.78 Å². The Bertz CT molecular complexity index is 451. The van der Waals surface area contributed by atoms with E-state index in [9.17, 15) is 4.79 Å². The molecule has 0 unspecified atom stereocenters. The van der Waals surface area contributed by atoms with E-state index < -0.39 is 0 Å². The zero-order valence-corrected chi connectivity index (χ0v) is 10.2. The van der Waals surface area contributed by atoms with Gasteiger partial charge in [-0.3, -0.25) is 4.79 Å². The average molecular weight is 284 g/mol. The smallest absolute Gasteiger partial charge is 0.173 e. The van der Waals surface area contributed by atoms with Crippen LogP contribution in [0.4, 0.5) is 0 Å². The van der Waals surface area contributed by atoms with E-state index in [4.69, 9.17) is 15.1 Å². The normalized spacial score (nSPS) is 9.62. The second-order valence-electron chi connectivity index (χ2n) is 3.04. The van der Waals surface area contributed by atoms with Crippen molar-refractivity contribution in [1.82, 2.24) is 0 Å². The van der Waals surface area contributed by atoms with Crippen LogP contribution in [-0.4, -0.2) is 23.3 Å². The highest BCUT2D eigenvalue weighted by Gasteiger charge is 2.14. The number of ether oxygens (including phenoxy) is 1. The first-order valence-electron chi connectivity index (χ1n) is 4.49. The van der Waals surface area contributed by atoms with Gasteiger partial charge in [-0.15, -0.1) is 0 Å². The molecule has 84 valence electrons. The Morgan fingerprint density at radius 2 is 2.31 bits per heavy atom. The van der Waals surface area contributed by atoms with Crippen LogP contribution in [0.1, 0.15) is 21.5 Å². The Hall–Kier alpha value is -1.38. The fraction of sp³-hybridized carbons (Fsp3) is 0.273. The maximum absolute atomic E-state index is 11.6. The van der Waals surface area contributed by atoms with Crippen LogP contribution in [0.25, 0.3) is 0 Å². The van der Waals surface area contributed by atoms with E-state index in [0.717, 1.165) is 0 Å². The Balaban J connectivity index is 3.38. The van der Waals surface area contributed by atoms with Crippen LogP contribution in [0.2, 0.25) is 0 Å². The third-order valence-corrected chi connectivity index (χ3v) is 2.65. The van der Waals surface area contributed by atoms with Crippen LogP contribution in [0.3, 0.4) is 0 Å². The molecule has 0 saturated carbocycles. The van der Waals surface area contributed by atoms with E-state index in [1.165, 1.54) is 19.2 Å². The van der Waals surface area contributed by atoms with E-state index >= 15 is 0 Å². The molecule has 0 amide bonds. The summed E-state index contributed by atoms with van der Waals surface area (Å²) in [5.41, 5.74) is 1.08. The lowest BCUT2D eigenvalue weighted by molar-refractivity contribution is 0.102. The SMILES string of the molecule is COc1cc(CO)c(C(=O)CBr)cc1C#N. The average Bonchev–Trinajstić information content (AvgIpc) is 2.35. The number of halogens is 1. The summed E-state index contributed by atoms with van der Waals surface area (Å²) >= 11 is 3.05. The number of methoxy groups -OCH3 is 1. The fourth-order valence-electron chi connectivity index (χ4n) is 1.34. The topological polar surface area (TPSA) is 70.3 Å². The number of carbonyl (C=O) groups excluding carboxylic acids is 1. The summed E-state index contributed by atoms with van der Waals surface area (Å²) in [4.78, 5) is 11.6. The van der Waals surface area contributed by atoms with Crippen LogP contribution >= 0.6 is 15.9 Å². The summed E-state index contributed by atoms with van der Waals surface area (Å²) < 4.78 is 4.99. The molecule has 0 bridgehead atoms. The van der Waals surface area contributed by atoms with Crippen LogP contribution in [0, 0.1) is 11.3 Å². The highest BCUT2D eigenvalue weighted by atomic mass is 79.9. The summed E-state index contributed by atoms with van der Waals surface area (Å²) in [5, 5.41) is 18.2. The number of alkyl halides is 1. The van der Waals surface area contributed by atoms with E-state index in [2.05, 4.69) is 15.9 Å². The predicted molar refractivity (Wildman–Crippen MR) is 61.8 cm³/mol. The van der Waals surface area contributed by atoms with E-state index in [1.807, 2.05) is 6.07 Å². The first kappa shape index (κ1) is 12.7. The summed E-state index contributed by atoms with van der Waals surface area (Å²) in [7, 11) is 1.43. The van der Waals surface area contributed by atoms with Crippen LogP contribution in [0.15, 0.2) is 12.1 Å². The Morgan fingerprint density at radius 1 is 1.62 bits per heavy atom. The molecule has 0 aromatic heterocycles. The van der Waals surface area contributed by atoms with Gasteiger partial charge in [0, 0.05) is 5.56 Å². The summed E-state index contributed by atoms with van der Waals surface area (Å²) in [6.45, 7) is -0.268. The Morgan fingerprint density at radius 3 is 2.75 bits per heavy atom. The third-order valence-electron chi connectivity index (χ3n) is 2.14. The first-order valence-corrected chi connectivity index (χ1v) is 5.61. The summed E-state index contributed by atoms with van der Waals surface area (Å²) in [5.74, 6) is 0.181. The maximum Gasteiger partial charge on any atom is 0.173 e. The summed E-state index contributed by atoms with van der Waals surface area (Å²) in [6, 6.07) is 4.89. The minimum atomic E-state index is -0.268. The molecule has 0 saturated heterocycles. The molecule has 0 atom stereocenters. The monoisotopic (exact) mass is 283 g/mol. The van der Waals surface area contributed by atoms with Crippen molar-refractivity contribution in [2.75, 3.05) is 12.4 Å². The van der Waals surface area contributed by atoms with E-state index in [-0.39, 0.29) is 23.3 Å². The van der Waals surface area contributed by atoms with Gasteiger partial charge < -0.3 is 9.84 Å². The number of nitriles is 1. The number of Topliss-reactive ketones (excluding diaryl/α,β-unsaturated/α-hetero) is 1. The number of nitrogens with zero attached hydrogens (tertiary/aromatic N) is 1. The second-order valence-corrected chi connectivity index (χ2v) is 3.60. The van der Waals surface area contributed by atoms with Crippen molar-refractivity contribution in [2.45, 2.75) is 6.61 Å². The molecular formula is C11H10BrNO3. The van der Waals surface area contributed by atoms with Crippen molar-refractivity contribution in [3.05, 3.63) is 28.8 Å². The molecule has 0 aliphatic rings. The van der Waals surface area contributed by atoms with Gasteiger partial charge in [-0.1, -0.05) is 15.9 Å². The standard InChI is InChI=1S/C11H10BrNO3/c1-16-11-3-8(6-14)9(10(15)4-12)2-7(11)5-13/h2-3,14H,4,6H2,1H3. The van der Waals surface area contributed by atoms with Crippen molar-refractivity contribution in [1.29, 1.82) is 5.26 Å². The number of hydrogen-bond donors (Lipinski definition) is 1. The molecule has 1 aromatic rings. The number of ketones is 1. The maximum atomic E-state index is 11.6. The molecule has 0 fully saturated rings. The van der Waals surface area contributed by atoms with Crippen molar-refractivity contribution in [3.63, 3.8) is 0 Å². The van der Waals surface area contributed by atoms with Gasteiger partial charge in [0.25, 0.3) is 0 Å². The number of aliphatic hydroxyl groups is 1. The Labute approximate surface area is 102 Å². The quantitative estimate of drug-likeness (QED) is 0.674. The van der Waals surface area contributed by atoms with Gasteiger partial charge in [-0.05, 0) is 17.7 Å². The minimum absolute atomic E-state index is 0.150. The molecular weight excluding hydrogens is 274 g/mol. The molecule has 1 N–H and O–H groups in total. The van der Waals surface area contributed by atoms with E-state index in [0.29, 0.717) is 16.9 Å². The zero-order valence-electron chi connectivity index (χ0n) is 8.66. The number of aliphatic hydroxyl groups excluding tert-OH is 1. The van der Waals surface area contributed by atoms with Crippen LogP contribution in [-0.2, 0) is 6.61 Å². The minimum Gasteiger partial charge on any atom is -0.495 e. The lowest BCUT2D eigenvalue weighted by Crippen LogP contribution is -2.06. The third kappa shape index (κ3) is 2.40. The molecule has 0 spiro atoms. The largest absolute Gasteiger partial charge is 0.495 e. The molecule has 1 rings (SSSR count). The molecule has 0 aliphatic heterocycles. The lowest BCUT2D eigenvalue weighted by atomic mass is 10.0. The van der Waals surface area contributed by atoms with Crippen LogP contribution < -0.4 is 4.74 Å². The molecule has 0 heterocycles. The predicted octanol–water partition coefficient (Wildman–Crippen LogP) is 1.64. The van der Waals surface area contributed by atoms with Crippen molar-refractivity contribution in [3.8, 4) is 11.8 Å². The van der Waals surface area contributed by atoms with Crippen molar-refractivity contribution in [2.24, 2.45) is 0 Å². The number of rotatable bonds is 4. The fourth-order valence-corrected chi connectivity index (χ4v) is 1.64. The zero-order chi connectivity index (χ0) is 12.1. The highest BCUT2D eigenvalue weighted by Crippen LogP contribution is 2.24. The molecule has 0 radical (unpaired) electrons. The van der Waals surface area contributed by atoms with Gasteiger partial charge in [-0.2, -0.15) is 5.26 Å².